The van der Waals surface area contributed by atoms with Crippen molar-refractivity contribution in [2.45, 2.75) is 64.3 Å². The number of likely N-dealkylation sites (tertiary alicyclic amines) is 1. The van der Waals surface area contributed by atoms with Gasteiger partial charge in [0.15, 0.2) is 0 Å². The van der Waals surface area contributed by atoms with Gasteiger partial charge in [0.2, 0.25) is 11.8 Å². The number of carboxylic acid groups (broad SMARTS) is 1. The first-order chi connectivity index (χ1) is 18.9. The van der Waals surface area contributed by atoms with E-state index in [1.807, 2.05) is 17.0 Å². The average molecular weight is 560 g/mol. The molecule has 0 aromatic heterocycles. The fourth-order valence-corrected chi connectivity index (χ4v) is 5.98. The van der Waals surface area contributed by atoms with Crippen LogP contribution < -0.4 is 4.74 Å². The Morgan fingerprint density at radius 1 is 1.10 bits per heavy atom. The van der Waals surface area contributed by atoms with Gasteiger partial charge in [0.25, 0.3) is 0 Å². The van der Waals surface area contributed by atoms with E-state index in [2.05, 4.69) is 39.0 Å². The van der Waals surface area contributed by atoms with Crippen molar-refractivity contribution < 1.29 is 28.7 Å². The Kier molecular flexibility index (Phi) is 11.4. The number of nitrogens with zero attached hydrogens (tertiary/aromatic N) is 4. The summed E-state index contributed by atoms with van der Waals surface area (Å²) in [6.07, 6.45) is 5.29. The second-order valence-electron chi connectivity index (χ2n) is 12.6. The van der Waals surface area contributed by atoms with Gasteiger partial charge in [-0.25, -0.2) is 0 Å². The first-order valence-corrected chi connectivity index (χ1v) is 14.9. The molecule has 2 heterocycles. The molecule has 0 unspecified atom stereocenters. The molecule has 3 atom stereocenters. The Bertz CT molecular complexity index is 1020. The summed E-state index contributed by atoms with van der Waals surface area (Å²) in [7, 11) is 8.28. The summed E-state index contributed by atoms with van der Waals surface area (Å²) in [5, 5.41) is 10.4. The number of hydrogen-bond acceptors (Lipinski definition) is 5. The van der Waals surface area contributed by atoms with Gasteiger partial charge in [-0.2, -0.15) is 0 Å². The van der Waals surface area contributed by atoms with Crippen molar-refractivity contribution >= 4 is 17.8 Å². The van der Waals surface area contributed by atoms with Crippen LogP contribution >= 0.6 is 0 Å². The van der Waals surface area contributed by atoms with Gasteiger partial charge in [-0.15, -0.1) is 0 Å². The molecule has 224 valence electrons. The fourth-order valence-electron chi connectivity index (χ4n) is 5.98. The summed E-state index contributed by atoms with van der Waals surface area (Å²) in [5.41, 5.74) is 2.10. The molecule has 1 aromatic rings. The van der Waals surface area contributed by atoms with Gasteiger partial charge >= 0.3 is 5.97 Å². The highest BCUT2D eigenvalue weighted by Crippen LogP contribution is 2.41. The molecule has 0 radical (unpaired) electrons. The number of unbranched alkanes of at least 4 members (excludes halogenated alkanes) is 2. The molecule has 0 saturated carbocycles. The highest BCUT2D eigenvalue weighted by molar-refractivity contribution is 5.79. The van der Waals surface area contributed by atoms with E-state index in [9.17, 15) is 19.5 Å². The highest BCUT2D eigenvalue weighted by atomic mass is 16.5. The Hall–Kier alpha value is -2.65. The molecule has 9 heteroatoms. The Morgan fingerprint density at radius 2 is 1.82 bits per heavy atom. The topological polar surface area (TPSA) is 90.4 Å². The maximum absolute atomic E-state index is 13.7. The molecule has 9 nitrogen and oxygen atoms in total. The maximum atomic E-state index is 13.7. The van der Waals surface area contributed by atoms with E-state index < -0.39 is 11.9 Å². The van der Waals surface area contributed by atoms with Crippen molar-refractivity contribution in [1.29, 1.82) is 0 Å². The van der Waals surface area contributed by atoms with Crippen LogP contribution in [0.15, 0.2) is 18.2 Å². The molecule has 2 amide bonds. The first-order valence-electron chi connectivity index (χ1n) is 14.9. The fraction of sp³-hybridized carbons (Fsp3) is 0.710. The molecule has 0 spiro atoms. The van der Waals surface area contributed by atoms with Crippen LogP contribution in [0.2, 0.25) is 0 Å². The second-order valence-corrected chi connectivity index (χ2v) is 12.6. The Balaban J connectivity index is 1.81. The van der Waals surface area contributed by atoms with Crippen molar-refractivity contribution in [1.82, 2.24) is 14.7 Å². The number of ether oxygens (including phenoxy) is 1. The highest BCUT2D eigenvalue weighted by Gasteiger charge is 2.47. The van der Waals surface area contributed by atoms with E-state index in [4.69, 9.17) is 4.74 Å². The van der Waals surface area contributed by atoms with Crippen molar-refractivity contribution in [3.8, 4) is 5.75 Å². The molecule has 1 saturated heterocycles. The summed E-state index contributed by atoms with van der Waals surface area (Å²) < 4.78 is 6.58. The maximum Gasteiger partial charge on any atom is 0.308 e. The van der Waals surface area contributed by atoms with Crippen LogP contribution in [-0.2, 0) is 20.8 Å². The second kappa shape index (κ2) is 14.3. The lowest BCUT2D eigenvalue weighted by molar-refractivity contribution is -0.870. The number of aliphatic carboxylic acids is 1. The molecule has 3 rings (SSSR count). The van der Waals surface area contributed by atoms with E-state index >= 15 is 0 Å². The molecule has 1 N–H and O–H groups in total. The van der Waals surface area contributed by atoms with E-state index in [1.165, 1.54) is 6.92 Å². The zero-order valence-corrected chi connectivity index (χ0v) is 25.5. The number of rotatable bonds is 15. The van der Waals surface area contributed by atoms with Gasteiger partial charge in [-0.3, -0.25) is 19.3 Å². The van der Waals surface area contributed by atoms with E-state index in [0.29, 0.717) is 26.1 Å². The molecule has 0 aliphatic carbocycles. The minimum absolute atomic E-state index is 0.0534. The third-order valence-corrected chi connectivity index (χ3v) is 8.45. The van der Waals surface area contributed by atoms with Gasteiger partial charge in [-0.05, 0) is 42.9 Å². The van der Waals surface area contributed by atoms with Gasteiger partial charge in [0.1, 0.15) is 5.75 Å². The summed E-state index contributed by atoms with van der Waals surface area (Å²) in [6, 6.07) is 5.68. The van der Waals surface area contributed by atoms with Crippen LogP contribution in [0.25, 0.3) is 0 Å². The van der Waals surface area contributed by atoms with Crippen LogP contribution in [-0.4, -0.2) is 122 Å². The molecule has 40 heavy (non-hydrogen) atoms. The van der Waals surface area contributed by atoms with Crippen LogP contribution in [0, 0.1) is 5.92 Å². The number of amides is 2. The molecule has 1 fully saturated rings. The number of hydrogen-bond donors (Lipinski definition) is 1. The minimum atomic E-state index is -0.852. The number of quaternary nitrogens is 1. The van der Waals surface area contributed by atoms with Crippen molar-refractivity contribution in [3.63, 3.8) is 0 Å². The molecular formula is C31H51N4O5+. The SMILES string of the molecule is CCCCN(CCCC[N+](C)(C)C)C(=O)CN1C[C@H](c2ccc3c(c2)CCO3)[C@@H](C(=O)O)[C@@H]1CCN(C)C(C)=O. The monoisotopic (exact) mass is 559 g/mol. The lowest BCUT2D eigenvalue weighted by atomic mass is 9.83. The molecule has 0 bridgehead atoms. The molecular weight excluding hydrogens is 508 g/mol. The predicted octanol–water partition coefficient (Wildman–Crippen LogP) is 3.07. The van der Waals surface area contributed by atoms with Crippen molar-refractivity contribution in [2.75, 3.05) is 74.1 Å². The summed E-state index contributed by atoms with van der Waals surface area (Å²) >= 11 is 0. The van der Waals surface area contributed by atoms with Crippen molar-refractivity contribution in [3.05, 3.63) is 29.3 Å². The largest absolute Gasteiger partial charge is 0.493 e. The van der Waals surface area contributed by atoms with Gasteiger partial charge in [0.05, 0.1) is 46.8 Å². The van der Waals surface area contributed by atoms with Crippen molar-refractivity contribution in [2.24, 2.45) is 5.92 Å². The predicted molar refractivity (Wildman–Crippen MR) is 156 cm³/mol. The number of carbonyl (C=O) groups excluding carboxylic acids is 2. The van der Waals surface area contributed by atoms with Crippen LogP contribution in [0.5, 0.6) is 5.75 Å². The number of carbonyl (C=O) groups is 3. The standard InChI is InChI=1S/C31H50N4O5/c1-7-8-15-33(16-9-10-18-35(4,5)6)29(37)22-34-21-26(24-11-12-28-25(20-24)14-19-40-28)30(31(38)39)27(34)13-17-32(3)23(2)36/h11-12,20,26-27,30H,7-10,13-19,21-22H2,1-6H3/p+1/t26-,27+,30-/m1/s1. The average Bonchev–Trinajstić information content (AvgIpc) is 3.50. The van der Waals surface area contributed by atoms with Gasteiger partial charge < -0.3 is 24.1 Å². The van der Waals surface area contributed by atoms with Crippen LogP contribution in [0.4, 0.5) is 0 Å². The minimum Gasteiger partial charge on any atom is -0.493 e. The first kappa shape index (κ1) is 31.9. The number of benzene rings is 1. The molecule has 1 aromatic carbocycles. The third kappa shape index (κ3) is 8.67. The summed E-state index contributed by atoms with van der Waals surface area (Å²) in [5.74, 6) is -0.870. The summed E-state index contributed by atoms with van der Waals surface area (Å²) in [4.78, 5) is 44.1. The lowest BCUT2D eigenvalue weighted by Crippen LogP contribution is -2.46. The lowest BCUT2D eigenvalue weighted by Gasteiger charge is -2.31. The number of fused-ring (bicyclic) bond motifs is 1. The number of carboxylic acids is 1. The molecule has 2 aliphatic heterocycles. The zero-order valence-electron chi connectivity index (χ0n) is 25.5. The zero-order chi connectivity index (χ0) is 29.4. The van der Waals surface area contributed by atoms with Gasteiger partial charge in [0, 0.05) is 58.5 Å². The Morgan fingerprint density at radius 3 is 2.48 bits per heavy atom. The van der Waals surface area contributed by atoms with Crippen LogP contribution in [0.1, 0.15) is 63.0 Å². The van der Waals surface area contributed by atoms with E-state index in [-0.39, 0.29) is 30.3 Å². The summed E-state index contributed by atoms with van der Waals surface area (Å²) in [6.45, 7) is 7.94. The van der Waals surface area contributed by atoms with E-state index in [0.717, 1.165) is 73.1 Å². The third-order valence-electron chi connectivity index (χ3n) is 8.45. The van der Waals surface area contributed by atoms with Gasteiger partial charge in [-0.1, -0.05) is 25.5 Å². The van der Waals surface area contributed by atoms with Crippen LogP contribution in [0.3, 0.4) is 0 Å². The normalized spacial score (nSPS) is 20.7. The smallest absolute Gasteiger partial charge is 0.308 e. The quantitative estimate of drug-likeness (QED) is 0.262. The Labute approximate surface area is 240 Å². The molecule has 2 aliphatic rings. The van der Waals surface area contributed by atoms with E-state index in [1.54, 1.807) is 11.9 Å².